The second-order valence-corrected chi connectivity index (χ2v) is 4.43. The molecule has 0 aliphatic rings. The molecule has 3 nitrogen and oxygen atoms in total. The summed E-state index contributed by atoms with van der Waals surface area (Å²) in [7, 11) is 1.35. The Morgan fingerprint density at radius 3 is 2.39 bits per heavy atom. The lowest BCUT2D eigenvalue weighted by molar-refractivity contribution is -0.140. The molecule has 100 valence electrons. The van der Waals surface area contributed by atoms with Crippen molar-refractivity contribution in [2.45, 2.75) is 33.1 Å². The number of ketones is 1. The van der Waals surface area contributed by atoms with E-state index in [0.29, 0.717) is 18.4 Å². The van der Waals surface area contributed by atoms with Crippen LogP contribution in [-0.4, -0.2) is 18.9 Å². The van der Waals surface area contributed by atoms with Crippen LogP contribution < -0.4 is 0 Å². The van der Waals surface area contributed by atoms with E-state index in [1.165, 1.54) is 7.11 Å². The van der Waals surface area contributed by atoms with Gasteiger partial charge in [-0.1, -0.05) is 39.7 Å². The Bertz CT molecular complexity index is 379. The number of carbonyl (C=O) groups excluding carboxylic acids is 2. The summed E-state index contributed by atoms with van der Waals surface area (Å²) >= 11 is 3.19. The number of hydrogen-bond acceptors (Lipinski definition) is 3. The van der Waals surface area contributed by atoms with Gasteiger partial charge in [-0.05, 0) is 30.8 Å². The molecule has 0 bridgehead atoms. The van der Waals surface area contributed by atoms with E-state index < -0.39 is 0 Å². The zero-order chi connectivity index (χ0) is 14.0. The van der Waals surface area contributed by atoms with Gasteiger partial charge < -0.3 is 4.74 Å². The van der Waals surface area contributed by atoms with Gasteiger partial charge in [0.25, 0.3) is 0 Å². The Kier molecular flexibility index (Phi) is 9.19. The monoisotopic (exact) mass is 314 g/mol. The van der Waals surface area contributed by atoms with Crippen LogP contribution in [0.2, 0.25) is 0 Å². The number of rotatable bonds is 7. The van der Waals surface area contributed by atoms with Crippen LogP contribution in [0.1, 0.15) is 33.1 Å². The summed E-state index contributed by atoms with van der Waals surface area (Å²) in [5, 5.41) is 0. The molecule has 0 aliphatic heterocycles. The van der Waals surface area contributed by atoms with Gasteiger partial charge in [0.2, 0.25) is 0 Å². The zero-order valence-corrected chi connectivity index (χ0v) is 12.6. The predicted molar refractivity (Wildman–Crippen MR) is 76.5 cm³/mol. The van der Waals surface area contributed by atoms with Crippen molar-refractivity contribution in [3.05, 3.63) is 34.4 Å². The highest BCUT2D eigenvalue weighted by atomic mass is 79.9. The first-order valence-electron chi connectivity index (χ1n) is 5.73. The van der Waals surface area contributed by atoms with Gasteiger partial charge in [0, 0.05) is 12.8 Å². The highest BCUT2D eigenvalue weighted by molar-refractivity contribution is 9.11. The van der Waals surface area contributed by atoms with Crippen LogP contribution in [0.5, 0.6) is 0 Å². The normalized spacial score (nSPS) is 12.9. The minimum absolute atomic E-state index is 0.0609. The second-order valence-electron chi connectivity index (χ2n) is 3.91. The van der Waals surface area contributed by atoms with E-state index in [4.69, 9.17) is 0 Å². The summed E-state index contributed by atoms with van der Waals surface area (Å²) in [5.74, 6) is -0.214. The summed E-state index contributed by atoms with van der Waals surface area (Å²) < 4.78 is 4.51. The van der Waals surface area contributed by atoms with Crippen molar-refractivity contribution < 1.29 is 14.3 Å². The largest absolute Gasteiger partial charge is 0.469 e. The molecule has 0 unspecified atom stereocenters. The Hall–Kier alpha value is -1.16. The number of esters is 1. The van der Waals surface area contributed by atoms with Crippen LogP contribution in [-0.2, 0) is 14.3 Å². The van der Waals surface area contributed by atoms with Crippen molar-refractivity contribution in [2.24, 2.45) is 0 Å². The van der Waals surface area contributed by atoms with Crippen molar-refractivity contribution in [1.29, 1.82) is 0 Å². The zero-order valence-electron chi connectivity index (χ0n) is 11.0. The van der Waals surface area contributed by atoms with Crippen molar-refractivity contribution in [1.82, 2.24) is 0 Å². The molecule has 0 rings (SSSR count). The molecular formula is C14H19BrO3. The minimum atomic E-state index is -0.275. The minimum Gasteiger partial charge on any atom is -0.469 e. The first-order chi connectivity index (χ1) is 8.51. The van der Waals surface area contributed by atoms with Crippen LogP contribution in [0, 0.1) is 0 Å². The van der Waals surface area contributed by atoms with E-state index >= 15 is 0 Å². The first-order valence-corrected chi connectivity index (χ1v) is 6.64. The third-order valence-corrected chi connectivity index (χ3v) is 2.64. The van der Waals surface area contributed by atoms with Crippen LogP contribution in [0.15, 0.2) is 34.4 Å². The van der Waals surface area contributed by atoms with Crippen molar-refractivity contribution in [3.63, 3.8) is 0 Å². The fraction of sp³-hybridized carbons (Fsp3) is 0.429. The molecule has 0 radical (unpaired) electrons. The lowest BCUT2D eigenvalue weighted by atomic mass is 10.1. The molecule has 4 heteroatoms. The lowest BCUT2D eigenvalue weighted by Crippen LogP contribution is -2.04. The van der Waals surface area contributed by atoms with E-state index in [0.717, 1.165) is 5.57 Å². The van der Waals surface area contributed by atoms with Gasteiger partial charge in [-0.2, -0.15) is 0 Å². The van der Waals surface area contributed by atoms with E-state index in [1.807, 2.05) is 19.1 Å². The maximum Gasteiger partial charge on any atom is 0.305 e. The number of ether oxygens (including phenoxy) is 1. The van der Waals surface area contributed by atoms with E-state index in [1.54, 1.807) is 18.0 Å². The molecule has 0 saturated carbocycles. The molecule has 18 heavy (non-hydrogen) atoms. The van der Waals surface area contributed by atoms with E-state index in [-0.39, 0.29) is 18.2 Å². The SMILES string of the molecule is COC(=O)CCCC(=O)/C(C)=C/C=C(C)/C=C/Br. The van der Waals surface area contributed by atoms with Crippen molar-refractivity contribution in [2.75, 3.05) is 7.11 Å². The quantitative estimate of drug-likeness (QED) is 0.409. The van der Waals surface area contributed by atoms with E-state index in [9.17, 15) is 9.59 Å². The molecule has 0 heterocycles. The second kappa shape index (κ2) is 9.83. The van der Waals surface area contributed by atoms with Gasteiger partial charge in [0.05, 0.1) is 7.11 Å². The summed E-state index contributed by atoms with van der Waals surface area (Å²) in [6, 6.07) is 0. The Morgan fingerprint density at radius 2 is 1.83 bits per heavy atom. The van der Waals surface area contributed by atoms with Crippen molar-refractivity contribution >= 4 is 27.7 Å². The molecule has 0 spiro atoms. The third kappa shape index (κ3) is 8.01. The Labute approximate surface area is 117 Å². The predicted octanol–water partition coefficient (Wildman–Crippen LogP) is 3.70. The fourth-order valence-electron chi connectivity index (χ4n) is 1.20. The van der Waals surface area contributed by atoms with Crippen LogP contribution in [0.25, 0.3) is 0 Å². The summed E-state index contributed by atoms with van der Waals surface area (Å²) in [6.07, 6.45) is 6.76. The Balaban J connectivity index is 4.22. The molecule has 0 N–H and O–H groups in total. The van der Waals surface area contributed by atoms with Gasteiger partial charge in [-0.25, -0.2) is 0 Å². The van der Waals surface area contributed by atoms with Gasteiger partial charge in [-0.15, -0.1) is 0 Å². The molecule has 0 atom stereocenters. The molecule has 0 aromatic carbocycles. The van der Waals surface area contributed by atoms with Crippen LogP contribution >= 0.6 is 15.9 Å². The Morgan fingerprint density at radius 1 is 1.17 bits per heavy atom. The van der Waals surface area contributed by atoms with Crippen LogP contribution in [0.3, 0.4) is 0 Å². The molecule has 0 fully saturated rings. The fourth-order valence-corrected chi connectivity index (χ4v) is 1.61. The number of allylic oxidation sites excluding steroid dienone is 5. The first kappa shape index (κ1) is 16.8. The number of hydrogen-bond donors (Lipinski definition) is 0. The smallest absolute Gasteiger partial charge is 0.305 e. The average Bonchev–Trinajstić information content (AvgIpc) is 2.35. The maximum atomic E-state index is 11.7. The summed E-state index contributed by atoms with van der Waals surface area (Å²) in [5.41, 5.74) is 1.75. The van der Waals surface area contributed by atoms with Gasteiger partial charge in [0.1, 0.15) is 0 Å². The standard InChI is InChI=1S/C14H19BrO3/c1-11(9-10-15)7-8-12(2)13(16)5-4-6-14(17)18-3/h7-10H,4-6H2,1-3H3/b10-9+,11-7+,12-8+. The third-order valence-electron chi connectivity index (χ3n) is 2.37. The number of carbonyl (C=O) groups is 2. The summed E-state index contributed by atoms with van der Waals surface area (Å²) in [4.78, 5) is 24.4. The van der Waals surface area contributed by atoms with Crippen LogP contribution in [0.4, 0.5) is 0 Å². The van der Waals surface area contributed by atoms with Gasteiger partial charge in [-0.3, -0.25) is 9.59 Å². The molecule has 0 saturated heterocycles. The molecular weight excluding hydrogens is 296 g/mol. The molecule has 0 amide bonds. The topological polar surface area (TPSA) is 43.4 Å². The highest BCUT2D eigenvalue weighted by Crippen LogP contribution is 2.07. The molecule has 0 aromatic heterocycles. The lowest BCUT2D eigenvalue weighted by Gasteiger charge is -2.00. The summed E-state index contributed by atoms with van der Waals surface area (Å²) in [6.45, 7) is 3.73. The molecule has 0 aromatic rings. The maximum absolute atomic E-state index is 11.7. The number of methoxy groups -OCH3 is 1. The van der Waals surface area contributed by atoms with E-state index in [2.05, 4.69) is 20.7 Å². The van der Waals surface area contributed by atoms with Gasteiger partial charge in [0.15, 0.2) is 5.78 Å². The van der Waals surface area contributed by atoms with Gasteiger partial charge >= 0.3 is 5.97 Å². The number of halogens is 1. The molecule has 0 aliphatic carbocycles. The number of Topliss-reactive ketones (excluding diaryl/α,β-unsaturated/α-hetero) is 1. The van der Waals surface area contributed by atoms with Crippen molar-refractivity contribution in [3.8, 4) is 0 Å². The average molecular weight is 315 g/mol. The highest BCUT2D eigenvalue weighted by Gasteiger charge is 2.06.